The van der Waals surface area contributed by atoms with E-state index in [1.54, 1.807) is 10.3 Å². The van der Waals surface area contributed by atoms with E-state index in [0.29, 0.717) is 17.1 Å². The van der Waals surface area contributed by atoms with E-state index in [1.165, 1.54) is 6.33 Å². The van der Waals surface area contributed by atoms with E-state index >= 15 is 0 Å². The highest BCUT2D eigenvalue weighted by Gasteiger charge is 2.09. The van der Waals surface area contributed by atoms with Gasteiger partial charge in [0.1, 0.15) is 12.7 Å². The molecule has 0 saturated heterocycles. The van der Waals surface area contributed by atoms with Gasteiger partial charge >= 0.3 is 5.56 Å². The van der Waals surface area contributed by atoms with Gasteiger partial charge in [-0.1, -0.05) is 26.7 Å². The van der Waals surface area contributed by atoms with E-state index in [1.807, 2.05) is 4.57 Å². The molecule has 0 aromatic carbocycles. The highest BCUT2D eigenvalue weighted by molar-refractivity contribution is 7.78. The fraction of sp³-hybridized carbons (Fsp3) is 0.500. The molecule has 0 aliphatic rings. The first-order chi connectivity index (χ1) is 7.59. The van der Waals surface area contributed by atoms with Gasteiger partial charge in [0.15, 0.2) is 11.2 Å². The second-order valence-corrected chi connectivity index (χ2v) is 4.62. The smallest absolute Gasteiger partial charge is 0.300 e. The molecule has 0 spiro atoms. The van der Waals surface area contributed by atoms with Gasteiger partial charge in [-0.3, -0.25) is 8.77 Å². The van der Waals surface area contributed by atoms with Crippen molar-refractivity contribution in [3.05, 3.63) is 23.0 Å². The molecular formula is C10H14N4OS. The molecule has 0 aliphatic carbocycles. The Morgan fingerprint density at radius 2 is 2.12 bits per heavy atom. The molecule has 0 aliphatic heterocycles. The Bertz CT molecular complexity index is 557. The van der Waals surface area contributed by atoms with Crippen molar-refractivity contribution in [2.24, 2.45) is 5.92 Å². The number of hydrogen-bond donors (Lipinski definition) is 1. The molecule has 2 aromatic heterocycles. The van der Waals surface area contributed by atoms with Crippen LogP contribution < -0.4 is 5.56 Å². The van der Waals surface area contributed by atoms with Crippen molar-refractivity contribution >= 4 is 24.0 Å². The van der Waals surface area contributed by atoms with E-state index in [9.17, 15) is 4.79 Å². The Balaban J connectivity index is 2.49. The lowest BCUT2D eigenvalue weighted by Gasteiger charge is -2.09. The minimum absolute atomic E-state index is 0.302. The third-order valence-corrected chi connectivity index (χ3v) is 2.75. The van der Waals surface area contributed by atoms with Crippen molar-refractivity contribution in [3.8, 4) is 0 Å². The summed E-state index contributed by atoms with van der Waals surface area (Å²) in [6, 6.07) is 0. The van der Waals surface area contributed by atoms with Crippen LogP contribution in [-0.4, -0.2) is 18.5 Å². The van der Waals surface area contributed by atoms with Gasteiger partial charge in [-0.15, -0.1) is 0 Å². The van der Waals surface area contributed by atoms with E-state index in [0.717, 1.165) is 13.0 Å². The zero-order valence-corrected chi connectivity index (χ0v) is 10.2. The number of nitrogens with zero attached hydrogens (tertiary/aromatic N) is 4. The number of imidazole rings is 1. The van der Waals surface area contributed by atoms with Crippen LogP contribution in [0, 0.1) is 5.92 Å². The summed E-state index contributed by atoms with van der Waals surface area (Å²) in [5.74, 6) is 0.603. The largest absolute Gasteiger partial charge is 0.316 e. The summed E-state index contributed by atoms with van der Waals surface area (Å²) in [7, 11) is 0. The van der Waals surface area contributed by atoms with E-state index < -0.39 is 0 Å². The minimum atomic E-state index is -0.302. The zero-order chi connectivity index (χ0) is 11.7. The van der Waals surface area contributed by atoms with Crippen molar-refractivity contribution < 1.29 is 0 Å². The highest BCUT2D eigenvalue weighted by Crippen LogP contribution is 2.11. The summed E-state index contributed by atoms with van der Waals surface area (Å²) in [4.78, 5) is 19.2. The maximum absolute atomic E-state index is 11.4. The summed E-state index contributed by atoms with van der Waals surface area (Å²) in [5.41, 5.74) is 0.786. The summed E-state index contributed by atoms with van der Waals surface area (Å²) in [6.07, 6.45) is 4.10. The van der Waals surface area contributed by atoms with Gasteiger partial charge in [0, 0.05) is 6.54 Å². The fourth-order valence-electron chi connectivity index (χ4n) is 1.55. The Morgan fingerprint density at radius 1 is 1.38 bits per heavy atom. The van der Waals surface area contributed by atoms with Crippen LogP contribution in [-0.2, 0) is 6.54 Å². The molecule has 2 rings (SSSR count). The summed E-state index contributed by atoms with van der Waals surface area (Å²) < 4.78 is 3.47. The van der Waals surface area contributed by atoms with Gasteiger partial charge < -0.3 is 4.57 Å². The zero-order valence-electron chi connectivity index (χ0n) is 9.29. The van der Waals surface area contributed by atoms with Crippen LogP contribution in [0.3, 0.4) is 0 Å². The molecule has 2 heterocycles. The lowest BCUT2D eigenvalue weighted by atomic mass is 10.1. The second-order valence-electron chi connectivity index (χ2n) is 4.19. The standard InChI is InChI=1S/C10H14N4OS/c1-7(2)3-4-13-5-12-9(15)8-10(13)14(16)6-11-8/h5-7,16H,3-4H2,1-2H3. The maximum Gasteiger partial charge on any atom is 0.300 e. The SMILES string of the molecule is CC(C)CCn1cnc(=O)c2ncn(S)c21. The van der Waals surface area contributed by atoms with Gasteiger partial charge in [0.05, 0.1) is 0 Å². The number of rotatable bonds is 3. The lowest BCUT2D eigenvalue weighted by molar-refractivity contribution is 0.517. The monoisotopic (exact) mass is 238 g/mol. The average molecular weight is 238 g/mol. The van der Waals surface area contributed by atoms with Crippen molar-refractivity contribution in [1.29, 1.82) is 0 Å². The highest BCUT2D eigenvalue weighted by atomic mass is 32.1. The van der Waals surface area contributed by atoms with Crippen molar-refractivity contribution in [1.82, 2.24) is 18.5 Å². The molecule has 0 saturated carbocycles. The molecular weight excluding hydrogens is 224 g/mol. The lowest BCUT2D eigenvalue weighted by Crippen LogP contribution is -2.14. The molecule has 0 bridgehead atoms. The molecule has 2 aromatic rings. The Morgan fingerprint density at radius 3 is 2.81 bits per heavy atom. The quantitative estimate of drug-likeness (QED) is 0.821. The summed E-state index contributed by atoms with van der Waals surface area (Å²) >= 11 is 4.23. The van der Waals surface area contributed by atoms with Crippen molar-refractivity contribution in [2.45, 2.75) is 26.8 Å². The van der Waals surface area contributed by atoms with Crippen molar-refractivity contribution in [3.63, 3.8) is 0 Å². The van der Waals surface area contributed by atoms with Gasteiger partial charge in [0.2, 0.25) is 0 Å². The number of fused-ring (bicyclic) bond motifs is 1. The van der Waals surface area contributed by atoms with E-state index in [-0.39, 0.29) is 5.56 Å². The summed E-state index contributed by atoms with van der Waals surface area (Å²) in [5, 5.41) is 0. The maximum atomic E-state index is 11.4. The molecule has 0 N–H and O–H groups in total. The van der Waals surface area contributed by atoms with Crippen LogP contribution in [0.5, 0.6) is 0 Å². The van der Waals surface area contributed by atoms with Gasteiger partial charge in [0.25, 0.3) is 0 Å². The van der Waals surface area contributed by atoms with Crippen LogP contribution >= 0.6 is 12.8 Å². The predicted octanol–water partition coefficient (Wildman–Crippen LogP) is 1.33. The number of hydrogen-bond acceptors (Lipinski definition) is 4. The van der Waals surface area contributed by atoms with Gasteiger partial charge in [-0.2, -0.15) is 4.98 Å². The van der Waals surface area contributed by atoms with Crippen LogP contribution in [0.2, 0.25) is 0 Å². The third-order valence-electron chi connectivity index (χ3n) is 2.46. The average Bonchev–Trinajstić information content (AvgIpc) is 2.61. The van der Waals surface area contributed by atoms with E-state index in [2.05, 4.69) is 36.6 Å². The molecule has 0 fully saturated rings. The molecule has 6 heteroatoms. The fourth-order valence-corrected chi connectivity index (χ4v) is 1.81. The predicted molar refractivity (Wildman–Crippen MR) is 65.6 cm³/mol. The third kappa shape index (κ3) is 1.97. The first-order valence-corrected chi connectivity index (χ1v) is 5.61. The second kappa shape index (κ2) is 4.29. The van der Waals surface area contributed by atoms with Crippen LogP contribution in [0.15, 0.2) is 17.4 Å². The van der Waals surface area contributed by atoms with Gasteiger partial charge in [-0.25, -0.2) is 4.98 Å². The molecule has 0 unspecified atom stereocenters. The molecule has 86 valence electrons. The number of thiol groups is 1. The number of aryl methyl sites for hydroxylation is 1. The van der Waals surface area contributed by atoms with Crippen LogP contribution in [0.25, 0.3) is 11.2 Å². The Hall–Kier alpha value is -1.30. The topological polar surface area (TPSA) is 52.7 Å². The first kappa shape index (κ1) is 11.2. The molecule has 0 radical (unpaired) electrons. The molecule has 5 nitrogen and oxygen atoms in total. The first-order valence-electron chi connectivity index (χ1n) is 5.21. The molecule has 16 heavy (non-hydrogen) atoms. The van der Waals surface area contributed by atoms with Gasteiger partial charge in [-0.05, 0) is 12.3 Å². The van der Waals surface area contributed by atoms with E-state index in [4.69, 9.17) is 0 Å². The molecule has 0 amide bonds. The Kier molecular flexibility index (Phi) is 3.00. The van der Waals surface area contributed by atoms with Crippen molar-refractivity contribution in [2.75, 3.05) is 0 Å². The normalized spacial score (nSPS) is 11.5. The number of aromatic nitrogens is 4. The van der Waals surface area contributed by atoms with Crippen LogP contribution in [0.1, 0.15) is 20.3 Å². The Labute approximate surface area is 98.7 Å². The minimum Gasteiger partial charge on any atom is -0.316 e. The van der Waals surface area contributed by atoms with Crippen LogP contribution in [0.4, 0.5) is 0 Å². The molecule has 0 atom stereocenters. The summed E-state index contributed by atoms with van der Waals surface area (Å²) in [6.45, 7) is 5.13.